The van der Waals surface area contributed by atoms with Crippen LogP contribution in [0.4, 0.5) is 11.5 Å². The number of nitrogens with zero attached hydrogens (tertiary/aromatic N) is 5. The van der Waals surface area contributed by atoms with E-state index >= 15 is 0 Å². The molecule has 176 valence electrons. The van der Waals surface area contributed by atoms with E-state index in [2.05, 4.69) is 40.1 Å². The fourth-order valence-electron chi connectivity index (χ4n) is 4.68. The molecular formula is C27H26N6O2. The van der Waals surface area contributed by atoms with E-state index in [-0.39, 0.29) is 18.1 Å². The fraction of sp³-hybridized carbons (Fsp3) is 0.296. The molecule has 0 radical (unpaired) electrons. The highest BCUT2D eigenvalue weighted by Gasteiger charge is 2.25. The molecular weight excluding hydrogens is 440 g/mol. The van der Waals surface area contributed by atoms with Gasteiger partial charge in [-0.25, -0.2) is 9.97 Å². The number of fused-ring (bicyclic) bond motifs is 1. The molecule has 2 aromatic heterocycles. The van der Waals surface area contributed by atoms with Crippen LogP contribution in [-0.4, -0.2) is 46.9 Å². The van der Waals surface area contributed by atoms with Crippen molar-refractivity contribution in [2.45, 2.75) is 39.5 Å². The number of pyridine rings is 2. The van der Waals surface area contributed by atoms with Gasteiger partial charge in [0.05, 0.1) is 30.0 Å². The zero-order valence-electron chi connectivity index (χ0n) is 19.9. The number of nitriles is 1. The molecule has 0 unspecified atom stereocenters. The van der Waals surface area contributed by atoms with E-state index in [0.717, 1.165) is 41.3 Å². The number of morpholine rings is 1. The molecule has 35 heavy (non-hydrogen) atoms. The lowest BCUT2D eigenvalue weighted by atomic mass is 10.00. The van der Waals surface area contributed by atoms with Crippen LogP contribution in [0, 0.1) is 18.3 Å². The molecule has 0 spiro atoms. The second kappa shape index (κ2) is 9.28. The molecule has 0 saturated carbocycles. The summed E-state index contributed by atoms with van der Waals surface area (Å²) in [6.07, 6.45) is 3.52. The summed E-state index contributed by atoms with van der Waals surface area (Å²) in [5.41, 5.74) is 6.03. The van der Waals surface area contributed by atoms with Crippen LogP contribution in [0.1, 0.15) is 52.2 Å². The average molecular weight is 467 g/mol. The summed E-state index contributed by atoms with van der Waals surface area (Å²) in [4.78, 5) is 28.7. The van der Waals surface area contributed by atoms with Crippen molar-refractivity contribution in [3.63, 3.8) is 0 Å². The summed E-state index contributed by atoms with van der Waals surface area (Å²) < 4.78 is 5.86. The monoisotopic (exact) mass is 466 g/mol. The van der Waals surface area contributed by atoms with Crippen LogP contribution in [0.3, 0.4) is 0 Å². The number of ether oxygens (including phenoxy) is 1. The normalized spacial score (nSPS) is 19.0. The number of anilines is 2. The van der Waals surface area contributed by atoms with Gasteiger partial charge >= 0.3 is 0 Å². The molecule has 3 aromatic rings. The number of aryl methyl sites for hydroxylation is 1. The van der Waals surface area contributed by atoms with Crippen molar-refractivity contribution in [1.82, 2.24) is 9.97 Å². The average Bonchev–Trinajstić information content (AvgIpc) is 3.26. The zero-order valence-corrected chi connectivity index (χ0v) is 19.9. The van der Waals surface area contributed by atoms with Crippen LogP contribution in [-0.2, 0) is 11.3 Å². The van der Waals surface area contributed by atoms with Crippen molar-refractivity contribution in [2.24, 2.45) is 4.99 Å². The summed E-state index contributed by atoms with van der Waals surface area (Å²) >= 11 is 0. The highest BCUT2D eigenvalue weighted by molar-refractivity contribution is 6.16. The summed E-state index contributed by atoms with van der Waals surface area (Å²) in [5, 5.41) is 12.0. The van der Waals surface area contributed by atoms with Crippen LogP contribution in [0.15, 0.2) is 53.8 Å². The van der Waals surface area contributed by atoms with E-state index in [9.17, 15) is 4.79 Å². The molecule has 8 heteroatoms. The summed E-state index contributed by atoms with van der Waals surface area (Å²) in [6, 6.07) is 13.6. The van der Waals surface area contributed by atoms with Gasteiger partial charge in [0.15, 0.2) is 0 Å². The second-order valence-electron chi connectivity index (χ2n) is 9.06. The Balaban J connectivity index is 1.39. The lowest BCUT2D eigenvalue weighted by Crippen LogP contribution is -2.45. The molecule has 8 nitrogen and oxygen atoms in total. The Bertz CT molecular complexity index is 1370. The van der Waals surface area contributed by atoms with E-state index in [4.69, 9.17) is 15.0 Å². The van der Waals surface area contributed by atoms with Crippen molar-refractivity contribution in [2.75, 3.05) is 23.3 Å². The van der Waals surface area contributed by atoms with Crippen molar-refractivity contribution in [1.29, 1.82) is 5.26 Å². The molecule has 1 fully saturated rings. The topological polar surface area (TPSA) is 104 Å². The van der Waals surface area contributed by atoms with Crippen LogP contribution in [0.25, 0.3) is 0 Å². The molecule has 1 aromatic carbocycles. The fourth-order valence-corrected chi connectivity index (χ4v) is 4.68. The largest absolute Gasteiger partial charge is 0.372 e. The summed E-state index contributed by atoms with van der Waals surface area (Å²) in [7, 11) is 0. The Morgan fingerprint density at radius 1 is 1.14 bits per heavy atom. The Hall–Kier alpha value is -4.09. The van der Waals surface area contributed by atoms with Gasteiger partial charge in [-0.1, -0.05) is 6.07 Å². The zero-order chi connectivity index (χ0) is 24.5. The Labute approximate surface area is 204 Å². The molecule has 1 saturated heterocycles. The standard InChI is InChI=1S/C27H26N6O2/c1-16-8-19(11-28)12-30-25(16)27(34)32-22-5-4-21-13-31-26(23(21)10-22)20-6-7-29-24(9-20)33-14-17(2)35-18(3)15-33/h4-10,12,17-18H,13-15H2,1-3H3,(H,32,34)/t17-,18-/m0/s1. The number of carbonyl (C=O) groups is 1. The number of amides is 1. The lowest BCUT2D eigenvalue weighted by Gasteiger charge is -2.36. The van der Waals surface area contributed by atoms with Crippen molar-refractivity contribution < 1.29 is 9.53 Å². The van der Waals surface area contributed by atoms with Gasteiger partial charge in [-0.15, -0.1) is 0 Å². The van der Waals surface area contributed by atoms with E-state index in [1.54, 1.807) is 13.0 Å². The van der Waals surface area contributed by atoms with E-state index < -0.39 is 0 Å². The minimum absolute atomic E-state index is 0.147. The number of nitrogens with one attached hydrogen (secondary N) is 1. The van der Waals surface area contributed by atoms with Gasteiger partial charge in [-0.3, -0.25) is 9.79 Å². The molecule has 1 amide bonds. The second-order valence-corrected chi connectivity index (χ2v) is 9.06. The first-order valence-electron chi connectivity index (χ1n) is 11.6. The molecule has 2 atom stereocenters. The van der Waals surface area contributed by atoms with Crippen LogP contribution >= 0.6 is 0 Å². The highest BCUT2D eigenvalue weighted by Crippen LogP contribution is 2.28. The number of aliphatic imine (C=N–C) groups is 1. The number of carbonyl (C=O) groups excluding carboxylic acids is 1. The van der Waals surface area contributed by atoms with Gasteiger partial charge in [-0.2, -0.15) is 5.26 Å². The van der Waals surface area contributed by atoms with Crippen molar-refractivity contribution in [3.8, 4) is 6.07 Å². The predicted octanol–water partition coefficient (Wildman–Crippen LogP) is 3.87. The minimum Gasteiger partial charge on any atom is -0.372 e. The first kappa shape index (κ1) is 22.7. The van der Waals surface area contributed by atoms with Gasteiger partial charge in [0.2, 0.25) is 0 Å². The maximum Gasteiger partial charge on any atom is 0.274 e. The molecule has 5 rings (SSSR count). The number of hydrogen-bond acceptors (Lipinski definition) is 7. The summed E-state index contributed by atoms with van der Waals surface area (Å²) in [5.74, 6) is 0.595. The number of hydrogen-bond donors (Lipinski definition) is 1. The van der Waals surface area contributed by atoms with Crippen LogP contribution in [0.2, 0.25) is 0 Å². The van der Waals surface area contributed by atoms with Gasteiger partial charge in [-0.05, 0) is 62.2 Å². The lowest BCUT2D eigenvalue weighted by molar-refractivity contribution is -0.00546. The van der Waals surface area contributed by atoms with Gasteiger partial charge in [0.1, 0.15) is 17.6 Å². The Morgan fingerprint density at radius 3 is 2.69 bits per heavy atom. The van der Waals surface area contributed by atoms with Crippen molar-refractivity contribution in [3.05, 3.63) is 82.3 Å². The first-order valence-corrected chi connectivity index (χ1v) is 11.6. The molecule has 0 bridgehead atoms. The minimum atomic E-state index is -0.315. The van der Waals surface area contributed by atoms with Gasteiger partial charge < -0.3 is 15.0 Å². The number of aromatic nitrogens is 2. The maximum absolute atomic E-state index is 12.8. The first-order chi connectivity index (χ1) is 16.9. The van der Waals surface area contributed by atoms with Crippen molar-refractivity contribution >= 4 is 23.1 Å². The third-order valence-electron chi connectivity index (χ3n) is 6.22. The molecule has 1 N–H and O–H groups in total. The van der Waals surface area contributed by atoms with Gasteiger partial charge in [0, 0.05) is 42.3 Å². The molecule has 0 aliphatic carbocycles. The van der Waals surface area contributed by atoms with Crippen LogP contribution in [0.5, 0.6) is 0 Å². The van der Waals surface area contributed by atoms with E-state index in [1.807, 2.05) is 36.5 Å². The third kappa shape index (κ3) is 4.63. The molecule has 4 heterocycles. The number of rotatable bonds is 4. The van der Waals surface area contributed by atoms with Gasteiger partial charge in [0.25, 0.3) is 5.91 Å². The Morgan fingerprint density at radius 2 is 1.94 bits per heavy atom. The van der Waals surface area contributed by atoms with E-state index in [1.165, 1.54) is 6.20 Å². The highest BCUT2D eigenvalue weighted by atomic mass is 16.5. The SMILES string of the molecule is Cc1cc(C#N)cnc1C(=O)Nc1ccc2c(c1)C(c1ccnc(N3C[C@H](C)O[C@@H](C)C3)c1)=NC2. The smallest absolute Gasteiger partial charge is 0.274 e. The molecule has 2 aliphatic heterocycles. The molecule has 2 aliphatic rings. The summed E-state index contributed by atoms with van der Waals surface area (Å²) in [6.45, 7) is 8.11. The third-order valence-corrected chi connectivity index (χ3v) is 6.22. The quantitative estimate of drug-likeness (QED) is 0.626. The number of benzene rings is 1. The van der Waals surface area contributed by atoms with E-state index in [0.29, 0.717) is 29.1 Å². The predicted molar refractivity (Wildman–Crippen MR) is 134 cm³/mol. The Kier molecular flexibility index (Phi) is 6.01. The van der Waals surface area contributed by atoms with Crippen LogP contribution < -0.4 is 10.2 Å². The maximum atomic E-state index is 12.8.